The molecule has 1 spiro atoms. The van der Waals surface area contributed by atoms with Gasteiger partial charge in [-0.05, 0) is 43.2 Å². The van der Waals surface area contributed by atoms with Crippen LogP contribution in [0.3, 0.4) is 0 Å². The van der Waals surface area contributed by atoms with Gasteiger partial charge in [0.05, 0.1) is 5.92 Å². The molecule has 2 aliphatic rings. The number of likely N-dealkylation sites (tertiary alicyclic amines) is 1. The number of nitrogens with zero attached hydrogens (tertiary/aromatic N) is 1. The van der Waals surface area contributed by atoms with E-state index in [1.165, 1.54) is 12.0 Å². The van der Waals surface area contributed by atoms with Crippen LogP contribution in [0.1, 0.15) is 31.2 Å². The third-order valence-corrected chi connectivity index (χ3v) is 4.82. The zero-order valence-electron chi connectivity index (χ0n) is 11.2. The maximum absolute atomic E-state index is 11.1. The summed E-state index contributed by atoms with van der Waals surface area (Å²) < 4.78 is 0. The Labute approximate surface area is 114 Å². The van der Waals surface area contributed by atoms with Crippen LogP contribution >= 0.6 is 0 Å². The highest BCUT2D eigenvalue weighted by atomic mass is 16.4. The van der Waals surface area contributed by atoms with Gasteiger partial charge in [0.25, 0.3) is 0 Å². The summed E-state index contributed by atoms with van der Waals surface area (Å²) in [6, 6.07) is 10.5. The SMILES string of the molecule is O=C(O)[C@@H]1CC[C@@]2(CCN(Cc3ccccc3)C2)C1. The van der Waals surface area contributed by atoms with Crippen molar-refractivity contribution in [3.8, 4) is 0 Å². The van der Waals surface area contributed by atoms with E-state index in [9.17, 15) is 4.79 Å². The van der Waals surface area contributed by atoms with E-state index >= 15 is 0 Å². The first-order chi connectivity index (χ1) is 9.17. The summed E-state index contributed by atoms with van der Waals surface area (Å²) in [5.74, 6) is -0.699. The van der Waals surface area contributed by atoms with Crippen LogP contribution in [0.25, 0.3) is 0 Å². The van der Waals surface area contributed by atoms with Gasteiger partial charge < -0.3 is 5.11 Å². The molecule has 2 atom stereocenters. The molecule has 0 unspecified atom stereocenters. The summed E-state index contributed by atoms with van der Waals surface area (Å²) in [4.78, 5) is 13.6. The highest BCUT2D eigenvalue weighted by Crippen LogP contribution is 2.48. The average molecular weight is 259 g/mol. The zero-order chi connectivity index (χ0) is 13.3. The Morgan fingerprint density at radius 3 is 2.79 bits per heavy atom. The minimum Gasteiger partial charge on any atom is -0.481 e. The van der Waals surface area contributed by atoms with E-state index in [0.717, 1.165) is 38.9 Å². The predicted molar refractivity (Wildman–Crippen MR) is 73.7 cm³/mol. The molecule has 3 nitrogen and oxygen atoms in total. The van der Waals surface area contributed by atoms with E-state index in [4.69, 9.17) is 5.11 Å². The Kier molecular flexibility index (Phi) is 3.31. The topological polar surface area (TPSA) is 40.5 Å². The number of rotatable bonds is 3. The number of carbonyl (C=O) groups is 1. The second-order valence-electron chi connectivity index (χ2n) is 6.22. The lowest BCUT2D eigenvalue weighted by molar-refractivity contribution is -0.141. The zero-order valence-corrected chi connectivity index (χ0v) is 11.2. The standard InChI is InChI=1S/C16H21NO2/c18-15(19)14-6-7-16(10-14)8-9-17(12-16)11-13-4-2-1-3-5-13/h1-5,14H,6-12H2,(H,18,19)/t14-,16-/m1/s1. The molecular weight excluding hydrogens is 238 g/mol. The van der Waals surface area contributed by atoms with Gasteiger partial charge in [0.15, 0.2) is 0 Å². The van der Waals surface area contributed by atoms with Crippen molar-refractivity contribution in [2.45, 2.75) is 32.2 Å². The van der Waals surface area contributed by atoms with Crippen molar-refractivity contribution < 1.29 is 9.90 Å². The smallest absolute Gasteiger partial charge is 0.306 e. The molecule has 0 bridgehead atoms. The van der Waals surface area contributed by atoms with Crippen LogP contribution in [0, 0.1) is 11.3 Å². The number of hydrogen-bond donors (Lipinski definition) is 1. The van der Waals surface area contributed by atoms with Crippen LogP contribution in [0.5, 0.6) is 0 Å². The summed E-state index contributed by atoms with van der Waals surface area (Å²) in [6.45, 7) is 3.19. The molecular formula is C16H21NO2. The lowest BCUT2D eigenvalue weighted by atomic mass is 9.84. The number of hydrogen-bond acceptors (Lipinski definition) is 2. The molecule has 1 aliphatic carbocycles. The molecule has 1 aliphatic heterocycles. The van der Waals surface area contributed by atoms with Gasteiger partial charge >= 0.3 is 5.97 Å². The third-order valence-electron chi connectivity index (χ3n) is 4.82. The van der Waals surface area contributed by atoms with Crippen LogP contribution in [0.2, 0.25) is 0 Å². The monoisotopic (exact) mass is 259 g/mol. The Hall–Kier alpha value is -1.35. The fourth-order valence-corrected chi connectivity index (χ4v) is 3.79. The van der Waals surface area contributed by atoms with E-state index in [-0.39, 0.29) is 11.3 Å². The molecule has 1 aromatic carbocycles. The Morgan fingerprint density at radius 2 is 2.11 bits per heavy atom. The van der Waals surface area contributed by atoms with Crippen molar-refractivity contribution in [2.24, 2.45) is 11.3 Å². The number of aliphatic carboxylic acids is 1. The van der Waals surface area contributed by atoms with Gasteiger partial charge in [-0.15, -0.1) is 0 Å². The van der Waals surface area contributed by atoms with Gasteiger partial charge in [-0.2, -0.15) is 0 Å². The summed E-state index contributed by atoms with van der Waals surface area (Å²) in [5, 5.41) is 9.14. The second-order valence-corrected chi connectivity index (χ2v) is 6.22. The average Bonchev–Trinajstić information content (AvgIpc) is 2.99. The number of carboxylic acids is 1. The Bertz CT molecular complexity index is 459. The highest BCUT2D eigenvalue weighted by molar-refractivity contribution is 5.70. The maximum atomic E-state index is 11.1. The third kappa shape index (κ3) is 2.66. The first-order valence-corrected chi connectivity index (χ1v) is 7.16. The summed E-state index contributed by atoms with van der Waals surface area (Å²) in [5.41, 5.74) is 1.64. The van der Waals surface area contributed by atoms with Crippen molar-refractivity contribution in [3.63, 3.8) is 0 Å². The van der Waals surface area contributed by atoms with Crippen molar-refractivity contribution in [3.05, 3.63) is 35.9 Å². The van der Waals surface area contributed by atoms with Gasteiger partial charge in [-0.25, -0.2) is 0 Å². The van der Waals surface area contributed by atoms with Crippen LogP contribution in [0.15, 0.2) is 30.3 Å². The molecule has 1 saturated heterocycles. The van der Waals surface area contributed by atoms with Crippen molar-refractivity contribution in [1.29, 1.82) is 0 Å². The first kappa shape index (κ1) is 12.7. The van der Waals surface area contributed by atoms with E-state index in [1.54, 1.807) is 0 Å². The van der Waals surface area contributed by atoms with Gasteiger partial charge in [0, 0.05) is 13.1 Å². The summed E-state index contributed by atoms with van der Waals surface area (Å²) in [7, 11) is 0. The molecule has 1 heterocycles. The fourth-order valence-electron chi connectivity index (χ4n) is 3.79. The summed E-state index contributed by atoms with van der Waals surface area (Å²) in [6.07, 6.45) is 4.01. The summed E-state index contributed by atoms with van der Waals surface area (Å²) >= 11 is 0. The van der Waals surface area contributed by atoms with Crippen LogP contribution in [-0.4, -0.2) is 29.1 Å². The molecule has 0 amide bonds. The lowest BCUT2D eigenvalue weighted by Gasteiger charge is -2.24. The van der Waals surface area contributed by atoms with Gasteiger partial charge in [0.2, 0.25) is 0 Å². The molecule has 1 saturated carbocycles. The van der Waals surface area contributed by atoms with Crippen LogP contribution < -0.4 is 0 Å². The van der Waals surface area contributed by atoms with Gasteiger partial charge in [-0.3, -0.25) is 9.69 Å². The molecule has 1 aromatic rings. The normalized spacial score (nSPS) is 31.1. The molecule has 0 radical (unpaired) electrons. The van der Waals surface area contributed by atoms with Crippen LogP contribution in [0.4, 0.5) is 0 Å². The van der Waals surface area contributed by atoms with Crippen molar-refractivity contribution in [1.82, 2.24) is 4.90 Å². The lowest BCUT2D eigenvalue weighted by Crippen LogP contribution is -2.25. The quantitative estimate of drug-likeness (QED) is 0.907. The van der Waals surface area contributed by atoms with Gasteiger partial charge in [-0.1, -0.05) is 30.3 Å². The van der Waals surface area contributed by atoms with E-state index in [2.05, 4.69) is 29.2 Å². The molecule has 2 fully saturated rings. The molecule has 3 rings (SSSR count). The maximum Gasteiger partial charge on any atom is 0.306 e. The first-order valence-electron chi connectivity index (χ1n) is 7.16. The second kappa shape index (κ2) is 4.97. The molecule has 102 valence electrons. The number of benzene rings is 1. The molecule has 3 heteroatoms. The highest BCUT2D eigenvalue weighted by Gasteiger charge is 2.45. The molecule has 0 aromatic heterocycles. The Balaban J connectivity index is 1.60. The minimum atomic E-state index is -0.599. The Morgan fingerprint density at radius 1 is 1.32 bits per heavy atom. The molecule has 1 N–H and O–H groups in total. The number of carboxylic acid groups (broad SMARTS) is 1. The largest absolute Gasteiger partial charge is 0.481 e. The fraction of sp³-hybridized carbons (Fsp3) is 0.562. The molecule has 19 heavy (non-hydrogen) atoms. The van der Waals surface area contributed by atoms with Crippen molar-refractivity contribution in [2.75, 3.05) is 13.1 Å². The predicted octanol–water partition coefficient (Wildman–Crippen LogP) is 2.76. The van der Waals surface area contributed by atoms with E-state index < -0.39 is 5.97 Å². The van der Waals surface area contributed by atoms with Crippen molar-refractivity contribution >= 4 is 5.97 Å². The van der Waals surface area contributed by atoms with Gasteiger partial charge in [0.1, 0.15) is 0 Å². The minimum absolute atomic E-state index is 0.100. The van der Waals surface area contributed by atoms with Crippen LogP contribution in [-0.2, 0) is 11.3 Å². The van der Waals surface area contributed by atoms with E-state index in [1.807, 2.05) is 6.07 Å². The van der Waals surface area contributed by atoms with E-state index in [0.29, 0.717) is 0 Å².